The molecule has 2 N–H and O–H groups in total. The third kappa shape index (κ3) is 8.71. The average Bonchev–Trinajstić information content (AvgIpc) is 2.53. The number of benzene rings is 1. The van der Waals surface area contributed by atoms with Gasteiger partial charge < -0.3 is 10.5 Å². The molecule has 124 valence electrons. The zero-order valence-corrected chi connectivity index (χ0v) is 14.0. The van der Waals surface area contributed by atoms with Crippen LogP contribution in [0.15, 0.2) is 24.3 Å². The second kappa shape index (κ2) is 12.1. The molecule has 1 aromatic rings. The van der Waals surface area contributed by atoms with Crippen molar-refractivity contribution in [2.24, 2.45) is 5.73 Å². The number of unbranched alkanes of at least 4 members (excludes halogenated alkanes) is 9. The Labute approximate surface area is 135 Å². The Kier molecular flexibility index (Phi) is 10.2. The van der Waals surface area contributed by atoms with Crippen molar-refractivity contribution in [3.05, 3.63) is 29.8 Å². The van der Waals surface area contributed by atoms with Crippen LogP contribution in [0.3, 0.4) is 0 Å². The van der Waals surface area contributed by atoms with Crippen molar-refractivity contribution in [2.45, 2.75) is 71.1 Å². The van der Waals surface area contributed by atoms with Gasteiger partial charge in [0.05, 0.1) is 6.61 Å². The van der Waals surface area contributed by atoms with Crippen LogP contribution in [0.2, 0.25) is 0 Å². The summed E-state index contributed by atoms with van der Waals surface area (Å²) in [6, 6.07) is 7.07. The van der Waals surface area contributed by atoms with Crippen LogP contribution in [0.5, 0.6) is 5.75 Å². The lowest BCUT2D eigenvalue weighted by atomic mass is 10.1. The van der Waals surface area contributed by atoms with Crippen LogP contribution in [-0.4, -0.2) is 12.5 Å². The SMILES string of the molecule is CCCCCCCCCCCCOc1cccc(C(N)=O)c1. The Bertz CT molecular complexity index is 418. The zero-order valence-electron chi connectivity index (χ0n) is 14.0. The summed E-state index contributed by atoms with van der Waals surface area (Å²) in [5.74, 6) is 0.316. The van der Waals surface area contributed by atoms with Gasteiger partial charge in [0.1, 0.15) is 5.75 Å². The van der Waals surface area contributed by atoms with Gasteiger partial charge in [-0.05, 0) is 24.6 Å². The van der Waals surface area contributed by atoms with Crippen molar-refractivity contribution in [2.75, 3.05) is 6.61 Å². The van der Waals surface area contributed by atoms with Crippen molar-refractivity contribution < 1.29 is 9.53 Å². The molecule has 0 aliphatic rings. The fourth-order valence-electron chi connectivity index (χ4n) is 2.52. The molecular formula is C19H31NO2. The highest BCUT2D eigenvalue weighted by molar-refractivity contribution is 5.93. The fourth-order valence-corrected chi connectivity index (χ4v) is 2.52. The number of hydrogen-bond acceptors (Lipinski definition) is 2. The highest BCUT2D eigenvalue weighted by Crippen LogP contribution is 2.14. The molecule has 0 saturated carbocycles. The maximum atomic E-state index is 11.1. The smallest absolute Gasteiger partial charge is 0.248 e. The molecule has 3 nitrogen and oxygen atoms in total. The fraction of sp³-hybridized carbons (Fsp3) is 0.632. The number of primary amides is 1. The van der Waals surface area contributed by atoms with Gasteiger partial charge >= 0.3 is 0 Å². The summed E-state index contributed by atoms with van der Waals surface area (Å²) in [6.45, 7) is 2.96. The van der Waals surface area contributed by atoms with Crippen molar-refractivity contribution in [1.82, 2.24) is 0 Å². The van der Waals surface area contributed by atoms with E-state index in [9.17, 15) is 4.79 Å². The normalized spacial score (nSPS) is 10.6. The highest BCUT2D eigenvalue weighted by atomic mass is 16.5. The summed E-state index contributed by atoms with van der Waals surface area (Å²) < 4.78 is 5.66. The number of hydrogen-bond donors (Lipinski definition) is 1. The molecule has 0 spiro atoms. The van der Waals surface area contributed by atoms with E-state index in [0.717, 1.165) is 12.2 Å². The van der Waals surface area contributed by atoms with Gasteiger partial charge in [0, 0.05) is 5.56 Å². The first-order chi connectivity index (χ1) is 10.7. The van der Waals surface area contributed by atoms with Gasteiger partial charge in [-0.1, -0.05) is 70.8 Å². The summed E-state index contributed by atoms with van der Waals surface area (Å²) in [4.78, 5) is 11.1. The Morgan fingerprint density at radius 1 is 0.955 bits per heavy atom. The maximum Gasteiger partial charge on any atom is 0.248 e. The molecule has 3 heteroatoms. The number of amides is 1. The summed E-state index contributed by atoms with van der Waals surface area (Å²) >= 11 is 0. The van der Waals surface area contributed by atoms with Crippen LogP contribution in [0.25, 0.3) is 0 Å². The molecule has 0 aliphatic carbocycles. The van der Waals surface area contributed by atoms with E-state index in [0.29, 0.717) is 12.2 Å². The molecule has 0 aliphatic heterocycles. The number of rotatable bonds is 13. The molecule has 1 amide bonds. The second-order valence-electron chi connectivity index (χ2n) is 5.92. The van der Waals surface area contributed by atoms with E-state index in [1.165, 1.54) is 57.8 Å². The Hall–Kier alpha value is -1.51. The molecular weight excluding hydrogens is 274 g/mol. The van der Waals surface area contributed by atoms with E-state index in [4.69, 9.17) is 10.5 Å². The van der Waals surface area contributed by atoms with Gasteiger partial charge in [0.25, 0.3) is 0 Å². The van der Waals surface area contributed by atoms with Crippen molar-refractivity contribution in [1.29, 1.82) is 0 Å². The number of carbonyl (C=O) groups excluding carboxylic acids is 1. The lowest BCUT2D eigenvalue weighted by molar-refractivity contribution is 0.1000. The number of nitrogens with two attached hydrogens (primary N) is 1. The molecule has 22 heavy (non-hydrogen) atoms. The van der Waals surface area contributed by atoms with Crippen LogP contribution in [0.4, 0.5) is 0 Å². The van der Waals surface area contributed by atoms with Gasteiger partial charge in [0.15, 0.2) is 0 Å². The largest absolute Gasteiger partial charge is 0.494 e. The maximum absolute atomic E-state index is 11.1. The van der Waals surface area contributed by atoms with E-state index in [2.05, 4.69) is 6.92 Å². The highest BCUT2D eigenvalue weighted by Gasteiger charge is 2.01. The number of carbonyl (C=O) groups is 1. The quantitative estimate of drug-likeness (QED) is 0.516. The summed E-state index contributed by atoms with van der Waals surface area (Å²) in [5.41, 5.74) is 5.75. The van der Waals surface area contributed by atoms with E-state index in [1.807, 2.05) is 6.07 Å². The predicted molar refractivity (Wildman–Crippen MR) is 92.3 cm³/mol. The van der Waals surface area contributed by atoms with Gasteiger partial charge in [0.2, 0.25) is 5.91 Å². The molecule has 0 fully saturated rings. The molecule has 0 aromatic heterocycles. The van der Waals surface area contributed by atoms with Crippen molar-refractivity contribution >= 4 is 5.91 Å². The van der Waals surface area contributed by atoms with Gasteiger partial charge in [-0.25, -0.2) is 0 Å². The monoisotopic (exact) mass is 305 g/mol. The molecule has 0 bridgehead atoms. The molecule has 1 aromatic carbocycles. The summed E-state index contributed by atoms with van der Waals surface area (Å²) in [6.07, 6.45) is 13.2. The Morgan fingerprint density at radius 3 is 2.14 bits per heavy atom. The predicted octanol–water partition coefficient (Wildman–Crippen LogP) is 5.09. The van der Waals surface area contributed by atoms with Crippen LogP contribution in [-0.2, 0) is 0 Å². The number of ether oxygens (including phenoxy) is 1. The van der Waals surface area contributed by atoms with E-state index in [-0.39, 0.29) is 0 Å². The molecule has 0 radical (unpaired) electrons. The van der Waals surface area contributed by atoms with Gasteiger partial charge in [-0.3, -0.25) is 4.79 Å². The molecule has 0 heterocycles. The standard InChI is InChI=1S/C19H31NO2/c1-2-3-4-5-6-7-8-9-10-11-15-22-18-14-12-13-17(16-18)19(20)21/h12-14,16H,2-11,15H2,1H3,(H2,20,21). The third-order valence-corrected chi connectivity index (χ3v) is 3.89. The Morgan fingerprint density at radius 2 is 1.55 bits per heavy atom. The first-order valence-corrected chi connectivity index (χ1v) is 8.76. The van der Waals surface area contributed by atoms with E-state index < -0.39 is 5.91 Å². The third-order valence-electron chi connectivity index (χ3n) is 3.89. The minimum absolute atomic E-state index is 0.413. The van der Waals surface area contributed by atoms with Gasteiger partial charge in [-0.15, -0.1) is 0 Å². The minimum atomic E-state index is -0.413. The van der Waals surface area contributed by atoms with Crippen molar-refractivity contribution in [3.8, 4) is 5.75 Å². The van der Waals surface area contributed by atoms with Gasteiger partial charge in [-0.2, -0.15) is 0 Å². The van der Waals surface area contributed by atoms with Crippen LogP contribution < -0.4 is 10.5 Å². The van der Waals surface area contributed by atoms with Crippen LogP contribution >= 0.6 is 0 Å². The zero-order chi connectivity index (χ0) is 16.0. The molecule has 0 unspecified atom stereocenters. The Balaban J connectivity index is 1.97. The first-order valence-electron chi connectivity index (χ1n) is 8.76. The van der Waals surface area contributed by atoms with Crippen LogP contribution in [0, 0.1) is 0 Å². The lowest BCUT2D eigenvalue weighted by Gasteiger charge is -2.07. The summed E-state index contributed by atoms with van der Waals surface area (Å²) in [5, 5.41) is 0. The molecule has 0 atom stereocenters. The molecule has 0 saturated heterocycles. The first kappa shape index (κ1) is 18.5. The second-order valence-corrected chi connectivity index (χ2v) is 5.92. The topological polar surface area (TPSA) is 52.3 Å². The summed E-state index contributed by atoms with van der Waals surface area (Å²) in [7, 11) is 0. The van der Waals surface area contributed by atoms with Crippen molar-refractivity contribution in [3.63, 3.8) is 0 Å². The average molecular weight is 305 g/mol. The van der Waals surface area contributed by atoms with E-state index in [1.54, 1.807) is 18.2 Å². The molecule has 1 rings (SSSR count). The van der Waals surface area contributed by atoms with Crippen LogP contribution in [0.1, 0.15) is 81.5 Å². The lowest BCUT2D eigenvalue weighted by Crippen LogP contribution is -2.10. The van der Waals surface area contributed by atoms with E-state index >= 15 is 0 Å². The minimum Gasteiger partial charge on any atom is -0.494 e.